The van der Waals surface area contributed by atoms with E-state index >= 15 is 0 Å². The Morgan fingerprint density at radius 1 is 0.927 bits per heavy atom. The lowest BCUT2D eigenvalue weighted by Gasteiger charge is -2.18. The summed E-state index contributed by atoms with van der Waals surface area (Å²) in [6.45, 7) is 0.632. The maximum atomic E-state index is 13.0. The lowest BCUT2D eigenvalue weighted by Crippen LogP contribution is -2.49. The van der Waals surface area contributed by atoms with Crippen molar-refractivity contribution in [2.24, 2.45) is 0 Å². The van der Waals surface area contributed by atoms with E-state index in [0.717, 1.165) is 0 Å². The summed E-state index contributed by atoms with van der Waals surface area (Å²) in [4.78, 5) is 62.3. The van der Waals surface area contributed by atoms with E-state index < -0.39 is 42.7 Å². The van der Waals surface area contributed by atoms with E-state index in [2.05, 4.69) is 25.4 Å². The molecule has 216 valence electrons. The Kier molecular flexibility index (Phi) is 11.5. The van der Waals surface area contributed by atoms with Crippen LogP contribution in [0, 0.1) is 0 Å². The van der Waals surface area contributed by atoms with Crippen LogP contribution in [0.1, 0.15) is 42.9 Å². The number of phenolic OH excluding ortho intramolecular Hbond substituents is 1. The van der Waals surface area contributed by atoms with Crippen molar-refractivity contribution in [2.75, 3.05) is 19.9 Å². The lowest BCUT2D eigenvalue weighted by molar-refractivity contribution is -0.155. The van der Waals surface area contributed by atoms with Gasteiger partial charge in [-0.2, -0.15) is 0 Å². The average molecular weight is 604 g/mol. The Morgan fingerprint density at radius 2 is 1.73 bits per heavy atom. The van der Waals surface area contributed by atoms with E-state index in [9.17, 15) is 29.1 Å². The van der Waals surface area contributed by atoms with Crippen molar-refractivity contribution in [3.05, 3.63) is 86.6 Å². The molecule has 0 fully saturated rings. The maximum Gasteiger partial charge on any atom is 0.511 e. The molecule has 0 aliphatic heterocycles. The minimum absolute atomic E-state index is 0.0543. The molecule has 0 radical (unpaired) electrons. The highest BCUT2D eigenvalue weighted by Crippen LogP contribution is 2.19. The monoisotopic (exact) mass is 603 g/mol. The summed E-state index contributed by atoms with van der Waals surface area (Å²) in [7, 11) is 0. The zero-order chi connectivity index (χ0) is 29.8. The topological polar surface area (TPSA) is 169 Å². The number of halogens is 1. The first-order chi connectivity index (χ1) is 19.7. The molecule has 0 bridgehead atoms. The van der Waals surface area contributed by atoms with Gasteiger partial charge in [-0.3, -0.25) is 14.4 Å². The van der Waals surface area contributed by atoms with Gasteiger partial charge in [-0.1, -0.05) is 29.8 Å². The summed E-state index contributed by atoms with van der Waals surface area (Å²) in [6.07, 6.45) is -1.05. The van der Waals surface area contributed by atoms with Crippen molar-refractivity contribution in [3.63, 3.8) is 0 Å². The number of hydrogen-bond acceptors (Lipinski definition) is 10. The molecule has 0 spiro atoms. The highest BCUT2D eigenvalue weighted by molar-refractivity contribution is 7.12. The summed E-state index contributed by atoms with van der Waals surface area (Å²) < 4.78 is 14.1. The zero-order valence-electron chi connectivity index (χ0n) is 21.7. The standard InChI is InChI=1S/C27H26ClN3O9S/c1-2-38-27(37)40-15-39-26(36)21(14-30-25(35)22-7-4-10-41-22)31-24(34)19-9-8-17(12-20(19)28)23(33)29-13-16-5-3-6-18(32)11-16/h3-12,21,32H,2,13-15H2,1H3,(H,29,33)(H,30,35)(H,31,34)/t21-/m0/s1. The van der Waals surface area contributed by atoms with Gasteiger partial charge >= 0.3 is 12.1 Å². The second-order valence-electron chi connectivity index (χ2n) is 8.17. The number of amides is 3. The number of carbonyl (C=O) groups is 5. The minimum Gasteiger partial charge on any atom is -0.508 e. The third-order valence-electron chi connectivity index (χ3n) is 5.28. The molecule has 2 aromatic carbocycles. The summed E-state index contributed by atoms with van der Waals surface area (Å²) >= 11 is 7.47. The molecule has 3 rings (SSSR count). The Balaban J connectivity index is 1.65. The van der Waals surface area contributed by atoms with Crippen LogP contribution in [0.4, 0.5) is 4.79 Å². The summed E-state index contributed by atoms with van der Waals surface area (Å²) in [5, 5.41) is 18.8. The van der Waals surface area contributed by atoms with Crippen LogP contribution in [0.2, 0.25) is 5.02 Å². The Labute approximate surface area is 243 Å². The van der Waals surface area contributed by atoms with Crippen molar-refractivity contribution in [2.45, 2.75) is 19.5 Å². The molecule has 0 unspecified atom stereocenters. The first kappa shape index (κ1) is 30.9. The molecule has 41 heavy (non-hydrogen) atoms. The number of hydrogen-bond donors (Lipinski definition) is 4. The first-order valence-corrected chi connectivity index (χ1v) is 13.4. The van der Waals surface area contributed by atoms with Crippen molar-refractivity contribution in [1.82, 2.24) is 16.0 Å². The summed E-state index contributed by atoms with van der Waals surface area (Å²) in [5.74, 6) is -2.68. The van der Waals surface area contributed by atoms with Crippen LogP contribution in [-0.2, 0) is 25.5 Å². The van der Waals surface area contributed by atoms with Crippen LogP contribution in [0.15, 0.2) is 60.0 Å². The largest absolute Gasteiger partial charge is 0.511 e. The highest BCUT2D eigenvalue weighted by Gasteiger charge is 2.26. The average Bonchev–Trinajstić information content (AvgIpc) is 3.49. The van der Waals surface area contributed by atoms with Gasteiger partial charge in [-0.25, -0.2) is 9.59 Å². The second kappa shape index (κ2) is 15.2. The van der Waals surface area contributed by atoms with E-state index in [1.807, 2.05) is 0 Å². The van der Waals surface area contributed by atoms with Crippen LogP contribution < -0.4 is 16.0 Å². The molecular weight excluding hydrogens is 578 g/mol. The molecule has 1 heterocycles. The Hall–Kier alpha value is -4.62. The van der Waals surface area contributed by atoms with E-state index in [1.54, 1.807) is 36.6 Å². The van der Waals surface area contributed by atoms with Crippen molar-refractivity contribution in [1.29, 1.82) is 0 Å². The molecule has 1 atom stereocenters. The Bertz CT molecular complexity index is 1400. The van der Waals surface area contributed by atoms with Crippen LogP contribution in [0.25, 0.3) is 0 Å². The fraction of sp³-hybridized carbons (Fsp3) is 0.222. The summed E-state index contributed by atoms with van der Waals surface area (Å²) in [6, 6.07) is 12.2. The van der Waals surface area contributed by atoms with E-state index in [1.165, 1.54) is 41.7 Å². The normalized spacial score (nSPS) is 11.1. The molecule has 0 aliphatic carbocycles. The van der Waals surface area contributed by atoms with Gasteiger partial charge in [0.05, 0.1) is 22.1 Å². The fourth-order valence-corrected chi connectivity index (χ4v) is 4.21. The van der Waals surface area contributed by atoms with Gasteiger partial charge in [-0.05, 0) is 54.3 Å². The number of nitrogens with one attached hydrogen (secondary N) is 3. The number of esters is 1. The third kappa shape index (κ3) is 9.51. The molecule has 3 amide bonds. The molecule has 4 N–H and O–H groups in total. The van der Waals surface area contributed by atoms with Crippen molar-refractivity contribution >= 4 is 52.8 Å². The van der Waals surface area contributed by atoms with Crippen molar-refractivity contribution < 1.29 is 43.3 Å². The van der Waals surface area contributed by atoms with Gasteiger partial charge in [0.15, 0.2) is 0 Å². The SMILES string of the molecule is CCOC(=O)OCOC(=O)[C@H](CNC(=O)c1cccs1)NC(=O)c1ccc(C(=O)NCc2cccc(O)c2)cc1Cl. The summed E-state index contributed by atoms with van der Waals surface area (Å²) in [5.41, 5.74) is 0.792. The number of aromatic hydroxyl groups is 1. The van der Waals surface area contributed by atoms with Crippen LogP contribution in [0.5, 0.6) is 5.75 Å². The first-order valence-electron chi connectivity index (χ1n) is 12.1. The Morgan fingerprint density at radius 3 is 2.41 bits per heavy atom. The van der Waals surface area contributed by atoms with Crippen LogP contribution in [-0.4, -0.2) is 60.9 Å². The number of thiophene rings is 1. The number of rotatable bonds is 12. The second-order valence-corrected chi connectivity index (χ2v) is 9.52. The number of ether oxygens (including phenoxy) is 3. The molecule has 0 saturated carbocycles. The van der Waals surface area contributed by atoms with E-state index in [4.69, 9.17) is 16.3 Å². The van der Waals surface area contributed by atoms with Gasteiger partial charge in [0.25, 0.3) is 17.7 Å². The predicted octanol–water partition coefficient (Wildman–Crippen LogP) is 3.24. The quantitative estimate of drug-likeness (QED) is 0.179. The predicted molar refractivity (Wildman–Crippen MR) is 148 cm³/mol. The third-order valence-corrected chi connectivity index (χ3v) is 6.46. The van der Waals surface area contributed by atoms with Gasteiger partial charge in [0.2, 0.25) is 6.79 Å². The molecule has 14 heteroatoms. The molecule has 3 aromatic rings. The highest BCUT2D eigenvalue weighted by atomic mass is 35.5. The smallest absolute Gasteiger partial charge is 0.508 e. The number of carbonyl (C=O) groups excluding carboxylic acids is 5. The minimum atomic E-state index is -1.39. The molecule has 0 saturated heterocycles. The fourth-order valence-electron chi connectivity index (χ4n) is 3.31. The van der Waals surface area contributed by atoms with Crippen LogP contribution >= 0.6 is 22.9 Å². The molecule has 12 nitrogen and oxygen atoms in total. The van der Waals surface area contributed by atoms with Crippen LogP contribution in [0.3, 0.4) is 0 Å². The molecule has 0 aliphatic rings. The van der Waals surface area contributed by atoms with Gasteiger partial charge < -0.3 is 35.3 Å². The zero-order valence-corrected chi connectivity index (χ0v) is 23.3. The van der Waals surface area contributed by atoms with Crippen molar-refractivity contribution in [3.8, 4) is 5.75 Å². The van der Waals surface area contributed by atoms with Gasteiger partial charge in [0, 0.05) is 18.7 Å². The lowest BCUT2D eigenvalue weighted by atomic mass is 10.1. The van der Waals surface area contributed by atoms with Gasteiger partial charge in [-0.15, -0.1) is 11.3 Å². The number of phenols is 1. The van der Waals surface area contributed by atoms with E-state index in [0.29, 0.717) is 10.4 Å². The molecular formula is C27H26ClN3O9S. The molecule has 1 aromatic heterocycles. The number of benzene rings is 2. The van der Waals surface area contributed by atoms with Gasteiger partial charge in [0.1, 0.15) is 11.8 Å². The van der Waals surface area contributed by atoms with E-state index in [-0.39, 0.29) is 41.6 Å². The maximum absolute atomic E-state index is 13.0.